The summed E-state index contributed by atoms with van der Waals surface area (Å²) in [5.41, 5.74) is 7.08. The van der Waals surface area contributed by atoms with E-state index in [-0.39, 0.29) is 5.41 Å². The maximum absolute atomic E-state index is 5.93. The van der Waals surface area contributed by atoms with Gasteiger partial charge in [-0.15, -0.1) is 0 Å². The van der Waals surface area contributed by atoms with Crippen LogP contribution >= 0.6 is 11.6 Å². The molecule has 0 heterocycles. The minimum absolute atomic E-state index is 0.0450. The smallest absolute Gasteiger partial charge is 0.169 e. The van der Waals surface area contributed by atoms with Crippen molar-refractivity contribution in [3.63, 3.8) is 0 Å². The number of ether oxygens (including phenoxy) is 2. The number of nitrogens with two attached hydrogens (primary N) is 1. The first-order chi connectivity index (χ1) is 8.10. The van der Waals surface area contributed by atoms with Gasteiger partial charge in [0.2, 0.25) is 0 Å². The van der Waals surface area contributed by atoms with Crippen LogP contribution in [-0.4, -0.2) is 26.6 Å². The minimum atomic E-state index is -0.473. The van der Waals surface area contributed by atoms with E-state index in [0.717, 1.165) is 17.9 Å². The first kappa shape index (κ1) is 12.8. The van der Waals surface area contributed by atoms with Crippen LogP contribution < -0.4 is 5.73 Å². The van der Waals surface area contributed by atoms with Crippen molar-refractivity contribution in [1.82, 2.24) is 0 Å². The molecule has 1 fully saturated rings. The topological polar surface area (TPSA) is 44.5 Å². The van der Waals surface area contributed by atoms with E-state index < -0.39 is 5.79 Å². The summed E-state index contributed by atoms with van der Waals surface area (Å²) in [4.78, 5) is 0. The summed E-state index contributed by atoms with van der Waals surface area (Å²) >= 11 is 5.90. The third-order valence-corrected chi connectivity index (χ3v) is 4.06. The average Bonchev–Trinajstić information content (AvgIpc) is 2.32. The highest BCUT2D eigenvalue weighted by molar-refractivity contribution is 6.30. The fraction of sp³-hybridized carbons (Fsp3) is 0.538. The maximum atomic E-state index is 5.93. The summed E-state index contributed by atoms with van der Waals surface area (Å²) in [6, 6.07) is 7.86. The van der Waals surface area contributed by atoms with Crippen LogP contribution in [0.15, 0.2) is 24.3 Å². The van der Waals surface area contributed by atoms with Crippen LogP contribution in [0.4, 0.5) is 0 Å². The van der Waals surface area contributed by atoms with Crippen LogP contribution in [0.5, 0.6) is 0 Å². The number of methoxy groups -OCH3 is 2. The number of benzene rings is 1. The molecule has 0 unspecified atom stereocenters. The molecule has 4 heteroatoms. The molecule has 0 radical (unpaired) electrons. The molecule has 2 rings (SSSR count). The van der Waals surface area contributed by atoms with Gasteiger partial charge in [0, 0.05) is 44.0 Å². The van der Waals surface area contributed by atoms with Crippen molar-refractivity contribution >= 4 is 11.6 Å². The van der Waals surface area contributed by atoms with E-state index >= 15 is 0 Å². The summed E-state index contributed by atoms with van der Waals surface area (Å²) in [6.45, 7) is 0.586. The van der Waals surface area contributed by atoms with Crippen LogP contribution in [0.2, 0.25) is 5.02 Å². The number of hydrogen-bond donors (Lipinski definition) is 1. The van der Waals surface area contributed by atoms with Crippen molar-refractivity contribution < 1.29 is 9.47 Å². The summed E-state index contributed by atoms with van der Waals surface area (Å²) < 4.78 is 10.8. The molecule has 17 heavy (non-hydrogen) atoms. The molecular weight excluding hydrogens is 238 g/mol. The standard InChI is InChI=1S/C13H18ClNO2/c1-16-13(17-2)7-12(8-13,9-15)10-3-5-11(14)6-4-10/h3-6H,7-9,15H2,1-2H3. The Hall–Kier alpha value is -0.610. The Labute approximate surface area is 107 Å². The van der Waals surface area contributed by atoms with Gasteiger partial charge in [-0.25, -0.2) is 0 Å². The highest BCUT2D eigenvalue weighted by Gasteiger charge is 2.55. The molecule has 1 aromatic rings. The molecule has 1 aliphatic carbocycles. The van der Waals surface area contributed by atoms with Crippen LogP contribution in [0.25, 0.3) is 0 Å². The lowest BCUT2D eigenvalue weighted by molar-refractivity contribution is -0.277. The Morgan fingerprint density at radius 1 is 1.18 bits per heavy atom. The van der Waals surface area contributed by atoms with Gasteiger partial charge in [0.1, 0.15) is 0 Å². The first-order valence-corrected chi connectivity index (χ1v) is 6.04. The monoisotopic (exact) mass is 255 g/mol. The second-order valence-electron chi connectivity index (χ2n) is 4.66. The lowest BCUT2D eigenvalue weighted by atomic mass is 9.60. The van der Waals surface area contributed by atoms with Crippen LogP contribution in [-0.2, 0) is 14.9 Å². The number of rotatable bonds is 4. The molecule has 0 aromatic heterocycles. The van der Waals surface area contributed by atoms with Gasteiger partial charge in [-0.05, 0) is 17.7 Å². The lowest BCUT2D eigenvalue weighted by Gasteiger charge is -2.54. The Kier molecular flexibility index (Phi) is 3.46. The Morgan fingerprint density at radius 3 is 2.12 bits per heavy atom. The Balaban J connectivity index is 2.22. The van der Waals surface area contributed by atoms with Gasteiger partial charge in [0.25, 0.3) is 0 Å². The molecule has 1 aliphatic rings. The van der Waals surface area contributed by atoms with Gasteiger partial charge < -0.3 is 15.2 Å². The second-order valence-corrected chi connectivity index (χ2v) is 5.10. The summed E-state index contributed by atoms with van der Waals surface area (Å²) in [5, 5.41) is 0.741. The average molecular weight is 256 g/mol. The molecule has 3 nitrogen and oxygen atoms in total. The Morgan fingerprint density at radius 2 is 1.71 bits per heavy atom. The molecule has 0 spiro atoms. The molecular formula is C13H18ClNO2. The SMILES string of the molecule is COC1(OC)CC(CN)(c2ccc(Cl)cc2)C1. The second kappa shape index (κ2) is 4.58. The van der Waals surface area contributed by atoms with Gasteiger partial charge in [0.05, 0.1) is 0 Å². The molecule has 2 N–H and O–H groups in total. The van der Waals surface area contributed by atoms with E-state index in [1.165, 1.54) is 5.56 Å². The summed E-state index contributed by atoms with van der Waals surface area (Å²) in [7, 11) is 3.34. The number of hydrogen-bond acceptors (Lipinski definition) is 3. The fourth-order valence-corrected chi connectivity index (χ4v) is 2.75. The lowest BCUT2D eigenvalue weighted by Crippen LogP contribution is -2.60. The zero-order chi connectivity index (χ0) is 12.5. The largest absolute Gasteiger partial charge is 0.353 e. The number of halogens is 1. The van der Waals surface area contributed by atoms with E-state index in [1.54, 1.807) is 14.2 Å². The van der Waals surface area contributed by atoms with Crippen molar-refractivity contribution in [1.29, 1.82) is 0 Å². The minimum Gasteiger partial charge on any atom is -0.353 e. The molecule has 0 amide bonds. The third-order valence-electron chi connectivity index (χ3n) is 3.81. The summed E-state index contributed by atoms with van der Waals surface area (Å²) in [6.07, 6.45) is 1.57. The first-order valence-electron chi connectivity index (χ1n) is 5.66. The highest BCUT2D eigenvalue weighted by atomic mass is 35.5. The van der Waals surface area contributed by atoms with Gasteiger partial charge in [-0.3, -0.25) is 0 Å². The third kappa shape index (κ3) is 2.08. The van der Waals surface area contributed by atoms with Crippen LogP contribution in [0.1, 0.15) is 18.4 Å². The highest BCUT2D eigenvalue weighted by Crippen LogP contribution is 2.51. The summed E-state index contributed by atoms with van der Waals surface area (Å²) in [5.74, 6) is -0.473. The zero-order valence-corrected chi connectivity index (χ0v) is 11.0. The van der Waals surface area contributed by atoms with Crippen LogP contribution in [0.3, 0.4) is 0 Å². The zero-order valence-electron chi connectivity index (χ0n) is 10.2. The van der Waals surface area contributed by atoms with Gasteiger partial charge in [-0.2, -0.15) is 0 Å². The van der Waals surface area contributed by atoms with E-state index in [9.17, 15) is 0 Å². The van der Waals surface area contributed by atoms with Crippen molar-refractivity contribution in [2.24, 2.45) is 5.73 Å². The predicted molar refractivity (Wildman–Crippen MR) is 68.2 cm³/mol. The molecule has 0 atom stereocenters. The quantitative estimate of drug-likeness (QED) is 0.840. The van der Waals surface area contributed by atoms with Crippen molar-refractivity contribution in [3.8, 4) is 0 Å². The molecule has 1 aromatic carbocycles. The molecule has 1 saturated carbocycles. The molecule has 94 valence electrons. The van der Waals surface area contributed by atoms with Crippen molar-refractivity contribution in [3.05, 3.63) is 34.9 Å². The van der Waals surface area contributed by atoms with Gasteiger partial charge in [-0.1, -0.05) is 23.7 Å². The van der Waals surface area contributed by atoms with E-state index in [1.807, 2.05) is 24.3 Å². The van der Waals surface area contributed by atoms with Crippen LogP contribution in [0, 0.1) is 0 Å². The molecule has 0 aliphatic heterocycles. The van der Waals surface area contributed by atoms with E-state index in [0.29, 0.717) is 6.54 Å². The Bertz CT molecular complexity index is 379. The van der Waals surface area contributed by atoms with Crippen molar-refractivity contribution in [2.75, 3.05) is 20.8 Å². The van der Waals surface area contributed by atoms with E-state index in [4.69, 9.17) is 26.8 Å². The van der Waals surface area contributed by atoms with Gasteiger partial charge >= 0.3 is 0 Å². The fourth-order valence-electron chi connectivity index (χ4n) is 2.62. The normalized spacial score (nSPS) is 20.9. The maximum Gasteiger partial charge on any atom is 0.169 e. The predicted octanol–water partition coefficient (Wildman–Crippen LogP) is 2.32. The van der Waals surface area contributed by atoms with Crippen molar-refractivity contribution in [2.45, 2.75) is 24.0 Å². The molecule has 0 saturated heterocycles. The van der Waals surface area contributed by atoms with Gasteiger partial charge in [0.15, 0.2) is 5.79 Å². The van der Waals surface area contributed by atoms with E-state index in [2.05, 4.69) is 0 Å². The molecule has 0 bridgehead atoms.